The van der Waals surface area contributed by atoms with Crippen LogP contribution in [0.5, 0.6) is 0 Å². The molecule has 2 saturated heterocycles. The monoisotopic (exact) mass is 276 g/mol. The minimum absolute atomic E-state index is 0. The van der Waals surface area contributed by atoms with Crippen molar-refractivity contribution in [2.75, 3.05) is 32.8 Å². The standard InChI is InChI=1S/C13H24N2O2.ClH/c1-11-10-14-6-7-15(11)13(16)3-2-12-4-8-17-9-5-12;/h11-12,14H,2-10H2,1H3;1H/t11-;/m0./s1. The van der Waals surface area contributed by atoms with Crippen LogP contribution in [0.3, 0.4) is 0 Å². The number of carbonyl (C=O) groups excluding carboxylic acids is 1. The molecule has 0 aromatic heterocycles. The predicted octanol–water partition coefficient (Wildman–Crippen LogP) is 1.44. The molecule has 0 unspecified atom stereocenters. The molecule has 2 heterocycles. The van der Waals surface area contributed by atoms with E-state index in [1.165, 1.54) is 0 Å². The summed E-state index contributed by atoms with van der Waals surface area (Å²) in [5.74, 6) is 1.04. The van der Waals surface area contributed by atoms with Crippen molar-refractivity contribution >= 4 is 18.3 Å². The van der Waals surface area contributed by atoms with Gasteiger partial charge in [0.15, 0.2) is 0 Å². The van der Waals surface area contributed by atoms with Crippen molar-refractivity contribution in [3.8, 4) is 0 Å². The summed E-state index contributed by atoms with van der Waals surface area (Å²) in [5.41, 5.74) is 0. The summed E-state index contributed by atoms with van der Waals surface area (Å²) >= 11 is 0. The van der Waals surface area contributed by atoms with Crippen molar-refractivity contribution in [2.45, 2.75) is 38.6 Å². The van der Waals surface area contributed by atoms with Crippen molar-refractivity contribution < 1.29 is 9.53 Å². The average Bonchev–Trinajstić information content (AvgIpc) is 2.38. The Kier molecular flexibility index (Phi) is 6.97. The number of amides is 1. The third kappa shape index (κ3) is 4.41. The van der Waals surface area contributed by atoms with Crippen molar-refractivity contribution in [3.05, 3.63) is 0 Å². The zero-order valence-corrected chi connectivity index (χ0v) is 12.0. The molecular formula is C13H25ClN2O2. The zero-order valence-electron chi connectivity index (χ0n) is 11.2. The highest BCUT2D eigenvalue weighted by atomic mass is 35.5. The lowest BCUT2D eigenvalue weighted by molar-refractivity contribution is -0.134. The van der Waals surface area contributed by atoms with Crippen LogP contribution < -0.4 is 5.32 Å². The maximum atomic E-state index is 12.1. The number of rotatable bonds is 3. The van der Waals surface area contributed by atoms with Crippen LogP contribution in [0.25, 0.3) is 0 Å². The molecule has 18 heavy (non-hydrogen) atoms. The van der Waals surface area contributed by atoms with Gasteiger partial charge in [-0.1, -0.05) is 0 Å². The fraction of sp³-hybridized carbons (Fsp3) is 0.923. The van der Waals surface area contributed by atoms with Gasteiger partial charge in [0.2, 0.25) is 5.91 Å². The Labute approximate surface area is 116 Å². The third-order valence-electron chi connectivity index (χ3n) is 3.93. The van der Waals surface area contributed by atoms with Crippen LogP contribution in [-0.4, -0.2) is 49.7 Å². The molecule has 0 spiro atoms. The molecule has 1 amide bonds. The van der Waals surface area contributed by atoms with Gasteiger partial charge >= 0.3 is 0 Å². The zero-order chi connectivity index (χ0) is 12.1. The quantitative estimate of drug-likeness (QED) is 0.848. The van der Waals surface area contributed by atoms with E-state index in [9.17, 15) is 4.79 Å². The van der Waals surface area contributed by atoms with E-state index in [2.05, 4.69) is 12.2 Å². The van der Waals surface area contributed by atoms with Gasteiger partial charge < -0.3 is 15.0 Å². The maximum absolute atomic E-state index is 12.1. The minimum Gasteiger partial charge on any atom is -0.381 e. The summed E-state index contributed by atoms with van der Waals surface area (Å²) < 4.78 is 5.34. The second-order valence-electron chi connectivity index (χ2n) is 5.23. The van der Waals surface area contributed by atoms with Crippen LogP contribution in [-0.2, 0) is 9.53 Å². The van der Waals surface area contributed by atoms with Gasteiger partial charge in [0, 0.05) is 45.3 Å². The van der Waals surface area contributed by atoms with Gasteiger partial charge in [-0.15, -0.1) is 12.4 Å². The van der Waals surface area contributed by atoms with Crippen LogP contribution in [0.15, 0.2) is 0 Å². The molecule has 1 atom stereocenters. The number of nitrogens with zero attached hydrogens (tertiary/aromatic N) is 1. The highest BCUT2D eigenvalue weighted by Crippen LogP contribution is 2.20. The van der Waals surface area contributed by atoms with Gasteiger partial charge in [0.1, 0.15) is 0 Å². The molecule has 106 valence electrons. The van der Waals surface area contributed by atoms with E-state index in [0.29, 0.717) is 17.9 Å². The number of carbonyl (C=O) groups is 1. The largest absolute Gasteiger partial charge is 0.381 e. The van der Waals surface area contributed by atoms with Gasteiger partial charge in [-0.05, 0) is 32.1 Å². The molecule has 0 aromatic carbocycles. The highest BCUT2D eigenvalue weighted by molar-refractivity contribution is 5.85. The van der Waals surface area contributed by atoms with Crippen LogP contribution in [0.1, 0.15) is 32.6 Å². The van der Waals surface area contributed by atoms with Gasteiger partial charge in [-0.25, -0.2) is 0 Å². The van der Waals surface area contributed by atoms with E-state index in [-0.39, 0.29) is 12.4 Å². The Bertz CT molecular complexity index is 257. The van der Waals surface area contributed by atoms with Crippen molar-refractivity contribution in [2.24, 2.45) is 5.92 Å². The van der Waals surface area contributed by atoms with E-state index in [1.807, 2.05) is 4.90 Å². The smallest absolute Gasteiger partial charge is 0.222 e. The van der Waals surface area contributed by atoms with Crippen LogP contribution in [0.2, 0.25) is 0 Å². The van der Waals surface area contributed by atoms with Crippen LogP contribution in [0.4, 0.5) is 0 Å². The fourth-order valence-electron chi connectivity index (χ4n) is 2.72. The molecule has 0 aromatic rings. The van der Waals surface area contributed by atoms with E-state index >= 15 is 0 Å². The van der Waals surface area contributed by atoms with Crippen LogP contribution >= 0.6 is 12.4 Å². The Morgan fingerprint density at radius 1 is 1.39 bits per heavy atom. The Morgan fingerprint density at radius 2 is 2.11 bits per heavy atom. The topological polar surface area (TPSA) is 41.6 Å². The van der Waals surface area contributed by atoms with E-state index < -0.39 is 0 Å². The van der Waals surface area contributed by atoms with Crippen LogP contribution in [0, 0.1) is 5.92 Å². The van der Waals surface area contributed by atoms with Crippen molar-refractivity contribution in [1.29, 1.82) is 0 Å². The number of piperazine rings is 1. The minimum atomic E-state index is 0. The fourth-order valence-corrected chi connectivity index (χ4v) is 2.72. The lowest BCUT2D eigenvalue weighted by Gasteiger charge is -2.34. The Morgan fingerprint density at radius 3 is 2.78 bits per heavy atom. The molecule has 0 radical (unpaired) electrons. The van der Waals surface area contributed by atoms with Gasteiger partial charge in [-0.2, -0.15) is 0 Å². The highest BCUT2D eigenvalue weighted by Gasteiger charge is 2.23. The molecule has 4 nitrogen and oxygen atoms in total. The van der Waals surface area contributed by atoms with Crippen molar-refractivity contribution in [1.82, 2.24) is 10.2 Å². The van der Waals surface area contributed by atoms with Gasteiger partial charge in [0.05, 0.1) is 0 Å². The molecule has 1 N–H and O–H groups in total. The van der Waals surface area contributed by atoms with Gasteiger partial charge in [-0.3, -0.25) is 4.79 Å². The first kappa shape index (κ1) is 15.7. The summed E-state index contributed by atoms with van der Waals surface area (Å²) in [6.45, 7) is 6.62. The summed E-state index contributed by atoms with van der Waals surface area (Å²) in [6.07, 6.45) is 4.02. The number of hydrogen-bond acceptors (Lipinski definition) is 3. The molecular weight excluding hydrogens is 252 g/mol. The Balaban J connectivity index is 0.00000162. The van der Waals surface area contributed by atoms with Crippen molar-refractivity contribution in [3.63, 3.8) is 0 Å². The lowest BCUT2D eigenvalue weighted by Crippen LogP contribution is -2.52. The molecule has 2 aliphatic rings. The first-order valence-corrected chi connectivity index (χ1v) is 6.85. The number of nitrogens with one attached hydrogen (secondary N) is 1. The number of halogens is 1. The third-order valence-corrected chi connectivity index (χ3v) is 3.93. The molecule has 2 aliphatic heterocycles. The second-order valence-corrected chi connectivity index (χ2v) is 5.23. The second kappa shape index (κ2) is 7.97. The maximum Gasteiger partial charge on any atom is 0.222 e. The van der Waals surface area contributed by atoms with E-state index in [4.69, 9.17) is 4.74 Å². The number of ether oxygens (including phenoxy) is 1. The summed E-state index contributed by atoms with van der Waals surface area (Å²) in [6, 6.07) is 0.353. The molecule has 0 bridgehead atoms. The molecule has 2 rings (SSSR count). The van der Waals surface area contributed by atoms with Gasteiger partial charge in [0.25, 0.3) is 0 Å². The summed E-state index contributed by atoms with van der Waals surface area (Å²) in [7, 11) is 0. The lowest BCUT2D eigenvalue weighted by atomic mass is 9.94. The average molecular weight is 277 g/mol. The summed E-state index contributed by atoms with van der Waals surface area (Å²) in [5, 5.41) is 3.31. The molecule has 0 saturated carbocycles. The van der Waals surface area contributed by atoms with E-state index in [0.717, 1.165) is 58.5 Å². The SMILES string of the molecule is C[C@H]1CNCCN1C(=O)CCC1CCOCC1.Cl. The number of hydrogen-bond donors (Lipinski definition) is 1. The summed E-state index contributed by atoms with van der Waals surface area (Å²) in [4.78, 5) is 14.2. The normalized spacial score (nSPS) is 25.6. The Hall–Kier alpha value is -0.320. The predicted molar refractivity (Wildman–Crippen MR) is 74.1 cm³/mol. The molecule has 0 aliphatic carbocycles. The first-order valence-electron chi connectivity index (χ1n) is 6.85. The molecule has 5 heteroatoms. The first-order chi connectivity index (χ1) is 8.27. The molecule has 2 fully saturated rings. The van der Waals surface area contributed by atoms with E-state index in [1.54, 1.807) is 0 Å².